The molecular formula is C19H15F3N4O2. The fraction of sp³-hybridized carbons (Fsp3) is 0.105. The van der Waals surface area contributed by atoms with Crippen molar-refractivity contribution in [3.63, 3.8) is 0 Å². The van der Waals surface area contributed by atoms with Crippen molar-refractivity contribution in [3.05, 3.63) is 72.1 Å². The minimum absolute atomic E-state index is 0.0631. The molecular weight excluding hydrogens is 373 g/mol. The summed E-state index contributed by atoms with van der Waals surface area (Å²) in [6.45, 7) is 0. The number of methoxy groups -OCH3 is 1. The molecule has 0 aliphatic heterocycles. The van der Waals surface area contributed by atoms with Gasteiger partial charge in [-0.15, -0.1) is 0 Å². The summed E-state index contributed by atoms with van der Waals surface area (Å²) in [5.74, 6) is 0.114. The molecule has 0 unspecified atom stereocenters. The van der Waals surface area contributed by atoms with Crippen LogP contribution in [0.25, 0.3) is 0 Å². The summed E-state index contributed by atoms with van der Waals surface area (Å²) in [4.78, 5) is 20.3. The first-order valence-corrected chi connectivity index (χ1v) is 8.07. The zero-order chi connectivity index (χ0) is 20.1. The van der Waals surface area contributed by atoms with Crippen LogP contribution in [0.1, 0.15) is 15.9 Å². The predicted molar refractivity (Wildman–Crippen MR) is 97.7 cm³/mol. The van der Waals surface area contributed by atoms with Gasteiger partial charge in [0.2, 0.25) is 5.95 Å². The maximum atomic E-state index is 12.8. The van der Waals surface area contributed by atoms with Gasteiger partial charge in [-0.1, -0.05) is 18.2 Å². The standard InChI is InChI=1S/C19H15F3N4O2/c1-28-16-8-3-2-7-15(16)26-17(27)12-10-23-18(24-11-12)25-14-6-4-5-13(9-14)19(20,21)22/h2-11H,1H3,(H,26,27)(H,23,24,25). The second-order valence-corrected chi connectivity index (χ2v) is 5.65. The molecule has 28 heavy (non-hydrogen) atoms. The van der Waals surface area contributed by atoms with Gasteiger partial charge in [-0.3, -0.25) is 4.79 Å². The first-order valence-electron chi connectivity index (χ1n) is 8.07. The van der Waals surface area contributed by atoms with Crippen LogP contribution in [-0.4, -0.2) is 23.0 Å². The number of alkyl halides is 3. The number of hydrogen-bond donors (Lipinski definition) is 2. The Bertz CT molecular complexity index is 975. The number of benzene rings is 2. The molecule has 3 rings (SSSR count). The SMILES string of the molecule is COc1ccccc1NC(=O)c1cnc(Nc2cccc(C(F)(F)F)c2)nc1. The molecule has 1 amide bonds. The van der Waals surface area contributed by atoms with Gasteiger partial charge >= 0.3 is 6.18 Å². The number of aromatic nitrogens is 2. The summed E-state index contributed by atoms with van der Waals surface area (Å²) in [7, 11) is 1.49. The van der Waals surface area contributed by atoms with Crippen molar-refractivity contribution in [2.45, 2.75) is 6.18 Å². The number of nitrogens with one attached hydrogen (secondary N) is 2. The number of hydrogen-bond acceptors (Lipinski definition) is 5. The number of ether oxygens (including phenoxy) is 1. The summed E-state index contributed by atoms with van der Waals surface area (Å²) in [6, 6.07) is 11.6. The van der Waals surface area contributed by atoms with E-state index in [9.17, 15) is 18.0 Å². The zero-order valence-electron chi connectivity index (χ0n) is 14.6. The van der Waals surface area contributed by atoms with Gasteiger partial charge in [0.15, 0.2) is 0 Å². The number of carbonyl (C=O) groups is 1. The fourth-order valence-electron chi connectivity index (χ4n) is 2.35. The lowest BCUT2D eigenvalue weighted by Gasteiger charge is -2.11. The number of halogens is 3. The third-order valence-electron chi connectivity index (χ3n) is 3.72. The summed E-state index contributed by atoms with van der Waals surface area (Å²) >= 11 is 0. The molecule has 2 aromatic carbocycles. The van der Waals surface area contributed by atoms with E-state index in [2.05, 4.69) is 20.6 Å². The molecule has 0 saturated heterocycles. The van der Waals surface area contributed by atoms with Gasteiger partial charge in [0.1, 0.15) is 5.75 Å². The average molecular weight is 388 g/mol. The lowest BCUT2D eigenvalue weighted by Crippen LogP contribution is -2.13. The summed E-state index contributed by atoms with van der Waals surface area (Å²) < 4.78 is 43.5. The summed E-state index contributed by atoms with van der Waals surface area (Å²) in [5.41, 5.74) is 0.0630. The van der Waals surface area contributed by atoms with Crippen LogP contribution < -0.4 is 15.4 Å². The molecule has 0 spiro atoms. The quantitative estimate of drug-likeness (QED) is 0.673. The van der Waals surface area contributed by atoms with E-state index in [1.165, 1.54) is 31.6 Å². The molecule has 0 aliphatic rings. The molecule has 1 aromatic heterocycles. The Morgan fingerprint density at radius 2 is 1.75 bits per heavy atom. The van der Waals surface area contributed by atoms with Gasteiger partial charge < -0.3 is 15.4 Å². The van der Waals surface area contributed by atoms with Crippen LogP contribution in [0.4, 0.5) is 30.5 Å². The van der Waals surface area contributed by atoms with Crippen molar-refractivity contribution in [2.24, 2.45) is 0 Å². The summed E-state index contributed by atoms with van der Waals surface area (Å²) in [5, 5.41) is 5.36. The van der Waals surface area contributed by atoms with E-state index in [4.69, 9.17) is 4.74 Å². The van der Waals surface area contributed by atoms with Crippen molar-refractivity contribution in [1.82, 2.24) is 9.97 Å². The second kappa shape index (κ2) is 7.95. The first-order chi connectivity index (χ1) is 13.4. The molecule has 0 fully saturated rings. The van der Waals surface area contributed by atoms with E-state index in [0.717, 1.165) is 12.1 Å². The molecule has 144 valence electrons. The highest BCUT2D eigenvalue weighted by molar-refractivity contribution is 6.04. The molecule has 0 atom stereocenters. The second-order valence-electron chi connectivity index (χ2n) is 5.65. The van der Waals surface area contributed by atoms with Gasteiger partial charge in [-0.25, -0.2) is 9.97 Å². The molecule has 2 N–H and O–H groups in total. The van der Waals surface area contributed by atoms with Gasteiger partial charge in [0.05, 0.1) is 23.9 Å². The van der Waals surface area contributed by atoms with Crippen LogP contribution in [-0.2, 0) is 6.18 Å². The summed E-state index contributed by atoms with van der Waals surface area (Å²) in [6.07, 6.45) is -1.90. The molecule has 9 heteroatoms. The van der Waals surface area contributed by atoms with E-state index >= 15 is 0 Å². The molecule has 0 aliphatic carbocycles. The maximum Gasteiger partial charge on any atom is 0.416 e. The van der Waals surface area contributed by atoms with Crippen molar-refractivity contribution in [3.8, 4) is 5.75 Å². The Labute approximate surface area is 158 Å². The number of nitrogens with zero attached hydrogens (tertiary/aromatic N) is 2. The Hall–Kier alpha value is -3.62. The van der Waals surface area contributed by atoms with Gasteiger partial charge in [0.25, 0.3) is 5.91 Å². The smallest absolute Gasteiger partial charge is 0.416 e. The number of para-hydroxylation sites is 2. The van der Waals surface area contributed by atoms with Crippen LogP contribution in [0.5, 0.6) is 5.75 Å². The monoisotopic (exact) mass is 388 g/mol. The third kappa shape index (κ3) is 4.56. The van der Waals surface area contributed by atoms with Crippen molar-refractivity contribution in [1.29, 1.82) is 0 Å². The molecule has 0 bridgehead atoms. The Morgan fingerprint density at radius 3 is 2.43 bits per heavy atom. The largest absolute Gasteiger partial charge is 0.495 e. The van der Waals surface area contributed by atoms with Gasteiger partial charge in [0, 0.05) is 18.1 Å². The van der Waals surface area contributed by atoms with E-state index in [1.807, 2.05) is 0 Å². The van der Waals surface area contributed by atoms with Crippen LogP contribution in [0, 0.1) is 0 Å². The van der Waals surface area contributed by atoms with E-state index < -0.39 is 17.6 Å². The molecule has 1 heterocycles. The highest BCUT2D eigenvalue weighted by atomic mass is 19.4. The van der Waals surface area contributed by atoms with Gasteiger partial charge in [-0.05, 0) is 30.3 Å². The van der Waals surface area contributed by atoms with Crippen LogP contribution in [0.3, 0.4) is 0 Å². The highest BCUT2D eigenvalue weighted by Crippen LogP contribution is 2.31. The van der Waals surface area contributed by atoms with Gasteiger partial charge in [-0.2, -0.15) is 13.2 Å². The lowest BCUT2D eigenvalue weighted by molar-refractivity contribution is -0.137. The van der Waals surface area contributed by atoms with Crippen LogP contribution in [0.2, 0.25) is 0 Å². The number of carbonyl (C=O) groups excluding carboxylic acids is 1. The topological polar surface area (TPSA) is 76.1 Å². The highest BCUT2D eigenvalue weighted by Gasteiger charge is 2.30. The van der Waals surface area contributed by atoms with Crippen LogP contribution in [0.15, 0.2) is 60.9 Å². The van der Waals surface area contributed by atoms with Crippen molar-refractivity contribution < 1.29 is 22.7 Å². The number of rotatable bonds is 5. The van der Waals surface area contributed by atoms with Crippen molar-refractivity contribution >= 4 is 23.2 Å². The molecule has 0 saturated carbocycles. The molecule has 6 nitrogen and oxygen atoms in total. The minimum Gasteiger partial charge on any atom is -0.495 e. The molecule has 0 radical (unpaired) electrons. The van der Waals surface area contributed by atoms with Crippen molar-refractivity contribution in [2.75, 3.05) is 17.7 Å². The van der Waals surface area contributed by atoms with Crippen LogP contribution >= 0.6 is 0 Å². The minimum atomic E-state index is -4.45. The maximum absolute atomic E-state index is 12.8. The Morgan fingerprint density at radius 1 is 1.04 bits per heavy atom. The average Bonchev–Trinajstić information content (AvgIpc) is 2.68. The fourth-order valence-corrected chi connectivity index (χ4v) is 2.35. The number of amides is 1. The van der Waals surface area contributed by atoms with E-state index in [1.54, 1.807) is 24.3 Å². The predicted octanol–water partition coefficient (Wildman–Crippen LogP) is 4.50. The zero-order valence-corrected chi connectivity index (χ0v) is 14.6. The third-order valence-corrected chi connectivity index (χ3v) is 3.72. The molecule has 3 aromatic rings. The Balaban J connectivity index is 1.71. The lowest BCUT2D eigenvalue weighted by atomic mass is 10.2. The van der Waals surface area contributed by atoms with E-state index in [0.29, 0.717) is 11.4 Å². The normalized spacial score (nSPS) is 11.0. The number of anilines is 3. The van der Waals surface area contributed by atoms with E-state index in [-0.39, 0.29) is 17.2 Å². The first kappa shape index (κ1) is 19.2. The Kier molecular flexibility index (Phi) is 5.44.